The van der Waals surface area contributed by atoms with Crippen molar-refractivity contribution in [3.63, 3.8) is 0 Å². The molecule has 2 aromatic rings. The van der Waals surface area contributed by atoms with Gasteiger partial charge in [0.05, 0.1) is 10.0 Å². The second-order valence-electron chi connectivity index (χ2n) is 4.90. The Morgan fingerprint density at radius 1 is 1.10 bits per heavy atom. The van der Waals surface area contributed by atoms with Crippen LogP contribution in [0.15, 0.2) is 36.4 Å². The number of nitrogens with zero attached hydrogens (tertiary/aromatic N) is 1. The minimum absolute atomic E-state index is 0.383. The highest BCUT2D eigenvalue weighted by Crippen LogP contribution is 2.43. The van der Waals surface area contributed by atoms with E-state index in [0.29, 0.717) is 33.6 Å². The molecule has 0 amide bonds. The van der Waals surface area contributed by atoms with Gasteiger partial charge in [-0.25, -0.2) is 4.98 Å². The summed E-state index contributed by atoms with van der Waals surface area (Å²) in [5, 5.41) is 7.43. The average molecular weight is 308 g/mol. The van der Waals surface area contributed by atoms with Crippen LogP contribution in [0.3, 0.4) is 0 Å². The molecule has 1 aromatic heterocycles. The number of rotatable bonds is 4. The van der Waals surface area contributed by atoms with Crippen LogP contribution in [0.1, 0.15) is 17.9 Å². The molecule has 1 fully saturated rings. The van der Waals surface area contributed by atoms with E-state index in [2.05, 4.69) is 39.9 Å². The smallest absolute Gasteiger partial charge is 0.147 e. The largest absolute Gasteiger partial charge is 0.372 e. The number of anilines is 2. The topological polar surface area (TPSA) is 37.0 Å². The normalized spacial score (nSPS) is 20.6. The lowest BCUT2D eigenvalue weighted by atomic mass is 10.1. The van der Waals surface area contributed by atoms with Gasteiger partial charge in [0, 0.05) is 19.0 Å². The van der Waals surface area contributed by atoms with Crippen molar-refractivity contribution in [1.29, 1.82) is 0 Å². The Kier molecular flexibility index (Phi) is 3.72. The first-order chi connectivity index (χ1) is 9.69. The van der Waals surface area contributed by atoms with Crippen LogP contribution >= 0.6 is 23.2 Å². The first-order valence-corrected chi connectivity index (χ1v) is 7.30. The summed E-state index contributed by atoms with van der Waals surface area (Å²) in [4.78, 5) is 4.41. The number of pyridine rings is 1. The average Bonchev–Trinajstić information content (AvgIpc) is 3.22. The van der Waals surface area contributed by atoms with Crippen LogP contribution in [0.5, 0.6) is 0 Å². The third-order valence-corrected chi connectivity index (χ3v) is 4.08. The highest BCUT2D eigenvalue weighted by molar-refractivity contribution is 6.37. The Hall–Kier alpha value is -1.45. The zero-order valence-electron chi connectivity index (χ0n) is 11.0. The van der Waals surface area contributed by atoms with Gasteiger partial charge in [0.1, 0.15) is 11.6 Å². The molecule has 3 rings (SSSR count). The van der Waals surface area contributed by atoms with Crippen molar-refractivity contribution in [2.75, 3.05) is 17.7 Å². The van der Waals surface area contributed by atoms with Crippen molar-refractivity contribution >= 4 is 34.8 Å². The summed E-state index contributed by atoms with van der Waals surface area (Å²) in [5.74, 6) is 1.85. The van der Waals surface area contributed by atoms with Crippen LogP contribution in [0.25, 0.3) is 0 Å². The second kappa shape index (κ2) is 5.51. The molecule has 20 heavy (non-hydrogen) atoms. The third kappa shape index (κ3) is 2.69. The predicted molar refractivity (Wildman–Crippen MR) is 85.0 cm³/mol. The van der Waals surface area contributed by atoms with Gasteiger partial charge < -0.3 is 10.6 Å². The zero-order valence-corrected chi connectivity index (χ0v) is 12.5. The molecule has 0 radical (unpaired) electrons. The first-order valence-electron chi connectivity index (χ1n) is 6.54. The Morgan fingerprint density at radius 2 is 1.80 bits per heavy atom. The lowest BCUT2D eigenvalue weighted by molar-refractivity contribution is 1.03. The summed E-state index contributed by atoms with van der Waals surface area (Å²) in [6.45, 7) is 0. The number of hydrogen-bond acceptors (Lipinski definition) is 3. The van der Waals surface area contributed by atoms with E-state index in [1.54, 1.807) is 13.1 Å². The van der Waals surface area contributed by atoms with Crippen molar-refractivity contribution in [2.24, 2.45) is 0 Å². The van der Waals surface area contributed by atoms with E-state index in [1.807, 2.05) is 6.07 Å². The number of aromatic nitrogens is 1. The lowest BCUT2D eigenvalue weighted by Gasteiger charge is -2.10. The van der Waals surface area contributed by atoms with Gasteiger partial charge in [0.15, 0.2) is 0 Å². The Balaban J connectivity index is 1.74. The number of hydrogen-bond donors (Lipinski definition) is 2. The van der Waals surface area contributed by atoms with E-state index in [1.165, 1.54) is 5.56 Å². The van der Waals surface area contributed by atoms with Crippen molar-refractivity contribution < 1.29 is 0 Å². The molecule has 1 aliphatic carbocycles. The number of halogens is 2. The van der Waals surface area contributed by atoms with Gasteiger partial charge in [-0.1, -0.05) is 53.5 Å². The summed E-state index contributed by atoms with van der Waals surface area (Å²) in [7, 11) is 1.79. The van der Waals surface area contributed by atoms with Crippen molar-refractivity contribution in [2.45, 2.75) is 18.4 Å². The maximum atomic E-state index is 6.19. The van der Waals surface area contributed by atoms with E-state index in [-0.39, 0.29) is 0 Å². The molecule has 0 saturated heterocycles. The lowest BCUT2D eigenvalue weighted by Crippen LogP contribution is -2.08. The van der Waals surface area contributed by atoms with E-state index in [9.17, 15) is 0 Å². The molecule has 1 aromatic carbocycles. The second-order valence-corrected chi connectivity index (χ2v) is 5.72. The molecular weight excluding hydrogens is 293 g/mol. The summed E-state index contributed by atoms with van der Waals surface area (Å²) < 4.78 is 0. The van der Waals surface area contributed by atoms with Crippen molar-refractivity contribution in [3.05, 3.63) is 52.0 Å². The van der Waals surface area contributed by atoms with Crippen LogP contribution in [0.2, 0.25) is 10.0 Å². The summed E-state index contributed by atoms with van der Waals surface area (Å²) in [5.41, 5.74) is 1.35. The van der Waals surface area contributed by atoms with Crippen LogP contribution in [-0.2, 0) is 0 Å². The Bertz CT molecular complexity index is 616. The van der Waals surface area contributed by atoms with Crippen LogP contribution in [0, 0.1) is 0 Å². The van der Waals surface area contributed by atoms with Gasteiger partial charge >= 0.3 is 0 Å². The molecule has 3 nitrogen and oxygen atoms in total. The van der Waals surface area contributed by atoms with Gasteiger partial charge in [0.2, 0.25) is 0 Å². The van der Waals surface area contributed by atoms with Gasteiger partial charge in [-0.15, -0.1) is 0 Å². The third-order valence-electron chi connectivity index (χ3n) is 3.51. The van der Waals surface area contributed by atoms with Crippen molar-refractivity contribution in [1.82, 2.24) is 4.98 Å². The molecule has 0 aliphatic heterocycles. The number of nitrogens with one attached hydrogen (secondary N) is 2. The molecule has 0 bridgehead atoms. The molecule has 104 valence electrons. The molecule has 1 saturated carbocycles. The molecule has 5 heteroatoms. The predicted octanol–water partition coefficient (Wildman–Crippen LogP) is 4.40. The molecule has 1 heterocycles. The van der Waals surface area contributed by atoms with Gasteiger partial charge in [-0.3, -0.25) is 0 Å². The molecule has 2 atom stereocenters. The number of benzene rings is 1. The van der Waals surface area contributed by atoms with E-state index < -0.39 is 0 Å². The Morgan fingerprint density at radius 3 is 2.50 bits per heavy atom. The van der Waals surface area contributed by atoms with E-state index in [4.69, 9.17) is 23.2 Å². The van der Waals surface area contributed by atoms with E-state index >= 15 is 0 Å². The van der Waals surface area contributed by atoms with Crippen LogP contribution in [0.4, 0.5) is 11.6 Å². The fourth-order valence-corrected chi connectivity index (χ4v) is 2.85. The minimum Gasteiger partial charge on any atom is -0.372 e. The van der Waals surface area contributed by atoms with Gasteiger partial charge in [0.25, 0.3) is 0 Å². The zero-order chi connectivity index (χ0) is 14.1. The van der Waals surface area contributed by atoms with E-state index in [0.717, 1.165) is 6.42 Å². The van der Waals surface area contributed by atoms with Gasteiger partial charge in [-0.2, -0.15) is 0 Å². The van der Waals surface area contributed by atoms with Crippen molar-refractivity contribution in [3.8, 4) is 0 Å². The Labute approximate surface area is 128 Å². The van der Waals surface area contributed by atoms with Crippen LogP contribution < -0.4 is 10.6 Å². The highest BCUT2D eigenvalue weighted by Gasteiger charge is 2.38. The first kappa shape index (κ1) is 13.5. The minimum atomic E-state index is 0.383. The maximum Gasteiger partial charge on any atom is 0.147 e. The molecule has 2 unspecified atom stereocenters. The highest BCUT2D eigenvalue weighted by atomic mass is 35.5. The van der Waals surface area contributed by atoms with Crippen LogP contribution in [-0.4, -0.2) is 18.1 Å². The standard InChI is InChI=1S/C15H15Cl2N3/c1-18-14-11(16)8-12(17)15(20-14)19-13-7-10(13)9-5-3-2-4-6-9/h2-6,8,10,13H,7H2,1H3,(H2,18,19,20). The molecular formula is C15H15Cl2N3. The quantitative estimate of drug-likeness (QED) is 0.879. The maximum absolute atomic E-state index is 6.19. The summed E-state index contributed by atoms with van der Waals surface area (Å²) >= 11 is 12.2. The monoisotopic (exact) mass is 307 g/mol. The summed E-state index contributed by atoms with van der Waals surface area (Å²) in [6, 6.07) is 12.6. The fraction of sp³-hybridized carbons (Fsp3) is 0.267. The molecule has 1 aliphatic rings. The molecule has 0 spiro atoms. The SMILES string of the molecule is CNc1nc(NC2CC2c2ccccc2)c(Cl)cc1Cl. The summed E-state index contributed by atoms with van der Waals surface area (Å²) in [6.07, 6.45) is 1.10. The fourth-order valence-electron chi connectivity index (χ4n) is 2.34. The van der Waals surface area contributed by atoms with Gasteiger partial charge in [-0.05, 0) is 18.1 Å². The molecule has 2 N–H and O–H groups in total.